The van der Waals surface area contributed by atoms with Crippen LogP contribution in [0.2, 0.25) is 0 Å². The second-order valence-electron chi connectivity index (χ2n) is 8.37. The van der Waals surface area contributed by atoms with Gasteiger partial charge >= 0.3 is 0 Å². The third-order valence-electron chi connectivity index (χ3n) is 6.29. The SMILES string of the molecule is Cc1cc(C(=O)N2CCN(C(=O)C3COc4ccccc4O3)CC2)c(C)n1C1CC1. The number of nitrogens with zero attached hydrogens (tertiary/aromatic N) is 3. The highest BCUT2D eigenvalue weighted by atomic mass is 16.6. The van der Waals surface area contributed by atoms with Crippen LogP contribution in [0.3, 0.4) is 0 Å². The average molecular weight is 409 g/mol. The van der Waals surface area contributed by atoms with Crippen LogP contribution in [0.5, 0.6) is 11.5 Å². The maximum atomic E-state index is 13.1. The zero-order valence-electron chi connectivity index (χ0n) is 17.5. The topological polar surface area (TPSA) is 64.0 Å². The van der Waals surface area contributed by atoms with E-state index in [-0.39, 0.29) is 18.4 Å². The first-order valence-electron chi connectivity index (χ1n) is 10.7. The summed E-state index contributed by atoms with van der Waals surface area (Å²) in [4.78, 5) is 29.7. The van der Waals surface area contributed by atoms with Crippen molar-refractivity contribution in [3.8, 4) is 11.5 Å². The number of benzene rings is 1. The highest BCUT2D eigenvalue weighted by Gasteiger charge is 2.35. The first kappa shape index (κ1) is 19.0. The van der Waals surface area contributed by atoms with E-state index in [2.05, 4.69) is 11.5 Å². The monoisotopic (exact) mass is 409 g/mol. The second kappa shape index (κ2) is 7.38. The quantitative estimate of drug-likeness (QED) is 0.782. The largest absolute Gasteiger partial charge is 0.485 e. The first-order valence-corrected chi connectivity index (χ1v) is 10.7. The smallest absolute Gasteiger partial charge is 0.267 e. The molecule has 3 heterocycles. The summed E-state index contributed by atoms with van der Waals surface area (Å²) in [5, 5.41) is 0. The molecule has 2 aromatic rings. The molecule has 1 saturated carbocycles. The fourth-order valence-corrected chi connectivity index (χ4v) is 4.53. The Bertz CT molecular complexity index is 986. The minimum absolute atomic E-state index is 0.0632. The van der Waals surface area contributed by atoms with E-state index in [0.29, 0.717) is 43.7 Å². The van der Waals surface area contributed by atoms with Crippen molar-refractivity contribution in [2.75, 3.05) is 32.8 Å². The summed E-state index contributed by atoms with van der Waals surface area (Å²) in [6.07, 6.45) is 1.75. The van der Waals surface area contributed by atoms with E-state index in [1.54, 1.807) is 4.90 Å². The molecule has 1 unspecified atom stereocenters. The summed E-state index contributed by atoms with van der Waals surface area (Å²) >= 11 is 0. The highest BCUT2D eigenvalue weighted by molar-refractivity contribution is 5.96. The lowest BCUT2D eigenvalue weighted by Gasteiger charge is -2.37. The van der Waals surface area contributed by atoms with E-state index in [4.69, 9.17) is 9.47 Å². The predicted octanol–water partition coefficient (Wildman–Crippen LogP) is 2.56. The van der Waals surface area contributed by atoms with Gasteiger partial charge in [-0.25, -0.2) is 0 Å². The van der Waals surface area contributed by atoms with Crippen LogP contribution in [0.1, 0.15) is 40.6 Å². The van der Waals surface area contributed by atoms with Crippen LogP contribution in [-0.2, 0) is 4.79 Å². The Kier molecular flexibility index (Phi) is 4.68. The Hall–Kier alpha value is -2.96. The summed E-state index contributed by atoms with van der Waals surface area (Å²) in [5.74, 6) is 1.25. The van der Waals surface area contributed by atoms with E-state index in [1.807, 2.05) is 42.2 Å². The third kappa shape index (κ3) is 3.32. The molecule has 1 atom stereocenters. The van der Waals surface area contributed by atoms with E-state index >= 15 is 0 Å². The Morgan fingerprint density at radius 2 is 1.63 bits per heavy atom. The van der Waals surface area contributed by atoms with Crippen molar-refractivity contribution in [3.63, 3.8) is 0 Å². The lowest BCUT2D eigenvalue weighted by atomic mass is 10.2. The molecular weight excluding hydrogens is 382 g/mol. The molecule has 5 rings (SSSR count). The van der Waals surface area contributed by atoms with Gasteiger partial charge in [0.1, 0.15) is 6.61 Å². The molecular formula is C23H27N3O4. The maximum absolute atomic E-state index is 13.1. The van der Waals surface area contributed by atoms with Crippen molar-refractivity contribution >= 4 is 11.8 Å². The van der Waals surface area contributed by atoms with E-state index in [1.165, 1.54) is 12.8 Å². The molecule has 158 valence electrons. The number of amides is 2. The van der Waals surface area contributed by atoms with Crippen LogP contribution in [0, 0.1) is 13.8 Å². The Morgan fingerprint density at radius 3 is 2.33 bits per heavy atom. The minimum Gasteiger partial charge on any atom is -0.485 e. The number of hydrogen-bond donors (Lipinski definition) is 0. The molecule has 1 aromatic heterocycles. The van der Waals surface area contributed by atoms with E-state index < -0.39 is 6.10 Å². The van der Waals surface area contributed by atoms with Gasteiger partial charge in [0.15, 0.2) is 11.5 Å². The molecule has 7 nitrogen and oxygen atoms in total. The fourth-order valence-electron chi connectivity index (χ4n) is 4.53. The van der Waals surface area contributed by atoms with Gasteiger partial charge in [-0.3, -0.25) is 9.59 Å². The maximum Gasteiger partial charge on any atom is 0.267 e. The number of piperazine rings is 1. The molecule has 2 aliphatic heterocycles. The van der Waals surface area contributed by atoms with Gasteiger partial charge in [0.05, 0.1) is 5.56 Å². The van der Waals surface area contributed by atoms with Crippen LogP contribution in [0.4, 0.5) is 0 Å². The fraction of sp³-hybridized carbons (Fsp3) is 0.478. The number of ether oxygens (including phenoxy) is 2. The molecule has 1 saturated heterocycles. The predicted molar refractivity (Wildman–Crippen MR) is 111 cm³/mol. The van der Waals surface area contributed by atoms with Crippen LogP contribution in [0.25, 0.3) is 0 Å². The van der Waals surface area contributed by atoms with Crippen molar-refractivity contribution in [3.05, 3.63) is 47.3 Å². The summed E-state index contributed by atoms with van der Waals surface area (Å²) in [7, 11) is 0. The molecule has 2 amide bonds. The summed E-state index contributed by atoms with van der Waals surface area (Å²) in [6.45, 7) is 6.40. The van der Waals surface area contributed by atoms with Gasteiger partial charge in [-0.05, 0) is 44.9 Å². The van der Waals surface area contributed by atoms with Crippen molar-refractivity contribution < 1.29 is 19.1 Å². The van der Waals surface area contributed by atoms with Crippen molar-refractivity contribution in [2.24, 2.45) is 0 Å². The minimum atomic E-state index is -0.639. The van der Waals surface area contributed by atoms with Gasteiger partial charge in [-0.1, -0.05) is 12.1 Å². The van der Waals surface area contributed by atoms with Gasteiger partial charge < -0.3 is 23.8 Å². The van der Waals surface area contributed by atoms with Crippen LogP contribution >= 0.6 is 0 Å². The molecule has 3 aliphatic rings. The molecule has 0 bridgehead atoms. The van der Waals surface area contributed by atoms with Crippen LogP contribution in [-0.4, -0.2) is 65.1 Å². The number of carbonyl (C=O) groups excluding carboxylic acids is 2. The van der Waals surface area contributed by atoms with Crippen molar-refractivity contribution in [2.45, 2.75) is 38.8 Å². The number of carbonyl (C=O) groups is 2. The summed E-state index contributed by atoms with van der Waals surface area (Å²) in [5.41, 5.74) is 3.01. The normalized spacial score (nSPS) is 20.9. The molecule has 1 aromatic carbocycles. The Balaban J connectivity index is 1.21. The van der Waals surface area contributed by atoms with E-state index in [0.717, 1.165) is 17.0 Å². The molecule has 1 aliphatic carbocycles. The van der Waals surface area contributed by atoms with Crippen LogP contribution in [0.15, 0.2) is 30.3 Å². The standard InChI is InChI=1S/C23H27N3O4/c1-15-13-18(16(2)26(15)17-7-8-17)22(27)24-9-11-25(12-10-24)23(28)21-14-29-19-5-3-4-6-20(19)30-21/h3-6,13,17,21H,7-12,14H2,1-2H3. The number of hydrogen-bond acceptors (Lipinski definition) is 4. The third-order valence-corrected chi connectivity index (χ3v) is 6.29. The Labute approximate surface area is 176 Å². The lowest BCUT2D eigenvalue weighted by molar-refractivity contribution is -0.142. The summed E-state index contributed by atoms with van der Waals surface area (Å²) in [6, 6.07) is 9.95. The van der Waals surface area contributed by atoms with Gasteiger partial charge in [0, 0.05) is 43.6 Å². The Morgan fingerprint density at radius 1 is 0.967 bits per heavy atom. The van der Waals surface area contributed by atoms with E-state index in [9.17, 15) is 9.59 Å². The van der Waals surface area contributed by atoms with Crippen LogP contribution < -0.4 is 9.47 Å². The zero-order valence-corrected chi connectivity index (χ0v) is 17.5. The first-order chi connectivity index (χ1) is 14.5. The molecule has 0 radical (unpaired) electrons. The molecule has 2 fully saturated rings. The summed E-state index contributed by atoms with van der Waals surface area (Å²) < 4.78 is 13.8. The number of rotatable bonds is 3. The highest BCUT2D eigenvalue weighted by Crippen LogP contribution is 2.38. The van der Waals surface area contributed by atoms with Gasteiger partial charge in [-0.2, -0.15) is 0 Å². The lowest BCUT2D eigenvalue weighted by Crippen LogP contribution is -2.55. The number of para-hydroxylation sites is 2. The molecule has 0 spiro atoms. The van der Waals surface area contributed by atoms with Gasteiger partial charge in [0.25, 0.3) is 11.8 Å². The zero-order chi connectivity index (χ0) is 20.8. The van der Waals surface area contributed by atoms with Gasteiger partial charge in [-0.15, -0.1) is 0 Å². The second-order valence-corrected chi connectivity index (χ2v) is 8.37. The van der Waals surface area contributed by atoms with Gasteiger partial charge in [0.2, 0.25) is 6.10 Å². The van der Waals surface area contributed by atoms with Crippen molar-refractivity contribution in [1.29, 1.82) is 0 Å². The average Bonchev–Trinajstić information content (AvgIpc) is 3.56. The molecule has 7 heteroatoms. The number of aryl methyl sites for hydroxylation is 1. The molecule has 0 N–H and O–H groups in total. The van der Waals surface area contributed by atoms with Crippen molar-refractivity contribution in [1.82, 2.24) is 14.4 Å². The number of aromatic nitrogens is 1. The molecule has 30 heavy (non-hydrogen) atoms. The number of fused-ring (bicyclic) bond motifs is 1.